The highest BCUT2D eigenvalue weighted by Crippen LogP contribution is 2.27. The number of hydrogen-bond acceptors (Lipinski definition) is 7. The number of fused-ring (bicyclic) bond motifs is 1. The van der Waals surface area contributed by atoms with Crippen LogP contribution < -0.4 is 10.2 Å². The minimum atomic E-state index is -0.254. The number of aromatic nitrogens is 3. The maximum absolute atomic E-state index is 9.84. The molecule has 2 N–H and O–H groups in total. The largest absolute Gasteiger partial charge is 0.391 e. The monoisotopic (exact) mass is 359 g/mol. The van der Waals surface area contributed by atoms with Crippen LogP contribution in [0, 0.1) is 0 Å². The van der Waals surface area contributed by atoms with Gasteiger partial charge in [-0.1, -0.05) is 0 Å². The quantitative estimate of drug-likeness (QED) is 0.854. The van der Waals surface area contributed by atoms with Crippen LogP contribution in [0.4, 0.5) is 11.8 Å². The Kier molecular flexibility index (Phi) is 5.12. The number of anilines is 2. The Hall–Kier alpha value is -1.73. The smallest absolute Gasteiger partial charge is 0.224 e. The standard InChI is InChI=1S/C18H25N5OS/c24-13-4-3-11-23(12-13)16-7-9-19-18(22-16)20-10-8-17-21-14-5-1-2-6-15(14)25-17/h7,9,13,24H,1-6,8,10-12H2,(H,19,20,22). The number of thiazole rings is 1. The van der Waals surface area contributed by atoms with Crippen molar-refractivity contribution in [1.29, 1.82) is 0 Å². The summed E-state index contributed by atoms with van der Waals surface area (Å²) in [5.41, 5.74) is 1.33. The highest BCUT2D eigenvalue weighted by Gasteiger charge is 2.19. The third-order valence-corrected chi connectivity index (χ3v) is 6.09. The molecule has 1 saturated heterocycles. The van der Waals surface area contributed by atoms with E-state index in [1.807, 2.05) is 17.4 Å². The zero-order valence-corrected chi connectivity index (χ0v) is 15.3. The van der Waals surface area contributed by atoms with E-state index in [1.54, 1.807) is 6.20 Å². The van der Waals surface area contributed by atoms with Gasteiger partial charge in [0.25, 0.3) is 0 Å². The van der Waals surface area contributed by atoms with Crippen molar-refractivity contribution >= 4 is 23.1 Å². The molecule has 2 aromatic heterocycles. The molecule has 1 aliphatic heterocycles. The molecule has 0 aromatic carbocycles. The maximum Gasteiger partial charge on any atom is 0.224 e. The summed E-state index contributed by atoms with van der Waals surface area (Å²) >= 11 is 1.87. The van der Waals surface area contributed by atoms with Gasteiger partial charge in [-0.25, -0.2) is 9.97 Å². The molecule has 0 spiro atoms. The fourth-order valence-electron chi connectivity index (χ4n) is 3.57. The Balaban J connectivity index is 1.33. The summed E-state index contributed by atoms with van der Waals surface area (Å²) in [5.74, 6) is 1.54. The van der Waals surface area contributed by atoms with Crippen molar-refractivity contribution in [3.8, 4) is 0 Å². The predicted molar refractivity (Wildman–Crippen MR) is 100 cm³/mol. The van der Waals surface area contributed by atoms with E-state index in [2.05, 4.69) is 20.2 Å². The first-order valence-electron chi connectivity index (χ1n) is 9.25. The second kappa shape index (κ2) is 7.66. The molecule has 1 aliphatic carbocycles. The molecule has 2 aliphatic rings. The van der Waals surface area contributed by atoms with Gasteiger partial charge in [0, 0.05) is 37.1 Å². The molecule has 2 aromatic rings. The summed E-state index contributed by atoms with van der Waals surface area (Å²) in [7, 11) is 0. The van der Waals surface area contributed by atoms with Gasteiger partial charge >= 0.3 is 0 Å². The van der Waals surface area contributed by atoms with E-state index < -0.39 is 0 Å². The first-order valence-corrected chi connectivity index (χ1v) is 10.1. The normalized spacial score (nSPS) is 20.4. The fraction of sp³-hybridized carbons (Fsp3) is 0.611. The van der Waals surface area contributed by atoms with Crippen LogP contribution in [0.1, 0.15) is 41.3 Å². The maximum atomic E-state index is 9.84. The molecule has 0 amide bonds. The number of piperidine rings is 1. The number of aliphatic hydroxyl groups is 1. The molecule has 25 heavy (non-hydrogen) atoms. The van der Waals surface area contributed by atoms with Crippen LogP contribution in [0.3, 0.4) is 0 Å². The minimum absolute atomic E-state index is 0.254. The zero-order chi connectivity index (χ0) is 17.1. The molecule has 134 valence electrons. The molecule has 0 bridgehead atoms. The van der Waals surface area contributed by atoms with Gasteiger partial charge < -0.3 is 15.3 Å². The molecule has 7 heteroatoms. The third-order valence-electron chi connectivity index (χ3n) is 4.87. The number of aryl methyl sites for hydroxylation is 2. The van der Waals surface area contributed by atoms with Crippen LogP contribution in [0.2, 0.25) is 0 Å². The average Bonchev–Trinajstić information content (AvgIpc) is 3.05. The Labute approximate surface area is 152 Å². The summed E-state index contributed by atoms with van der Waals surface area (Å²) < 4.78 is 0. The fourth-order valence-corrected chi connectivity index (χ4v) is 4.72. The lowest BCUT2D eigenvalue weighted by Crippen LogP contribution is -2.38. The topological polar surface area (TPSA) is 74.2 Å². The molecule has 6 nitrogen and oxygen atoms in total. The van der Waals surface area contributed by atoms with E-state index in [1.165, 1.54) is 34.8 Å². The van der Waals surface area contributed by atoms with Crippen LogP contribution in [0.5, 0.6) is 0 Å². The summed E-state index contributed by atoms with van der Waals surface area (Å²) in [6, 6.07) is 1.91. The molecule has 1 unspecified atom stereocenters. The third kappa shape index (κ3) is 4.10. The van der Waals surface area contributed by atoms with Crippen LogP contribution in [0.15, 0.2) is 12.3 Å². The zero-order valence-electron chi connectivity index (χ0n) is 14.4. The van der Waals surface area contributed by atoms with Crippen LogP contribution >= 0.6 is 11.3 Å². The van der Waals surface area contributed by atoms with Crippen molar-refractivity contribution in [2.75, 3.05) is 29.9 Å². The number of nitrogens with zero attached hydrogens (tertiary/aromatic N) is 4. The lowest BCUT2D eigenvalue weighted by molar-refractivity contribution is 0.154. The molecule has 1 fully saturated rings. The number of aliphatic hydroxyl groups excluding tert-OH is 1. The molecule has 0 saturated carbocycles. The second-order valence-corrected chi connectivity index (χ2v) is 8.01. The number of β-amino-alcohol motifs (C(OH)–C–C–N with tert-alkyl or cyclic N) is 1. The molecule has 0 radical (unpaired) electrons. The van der Waals surface area contributed by atoms with E-state index in [9.17, 15) is 5.11 Å². The van der Waals surface area contributed by atoms with Crippen molar-refractivity contribution in [2.24, 2.45) is 0 Å². The second-order valence-electron chi connectivity index (χ2n) is 6.84. The highest BCUT2D eigenvalue weighted by molar-refractivity contribution is 7.11. The van der Waals surface area contributed by atoms with Gasteiger partial charge in [0.15, 0.2) is 0 Å². The number of nitrogens with one attached hydrogen (secondary N) is 1. The Morgan fingerprint density at radius 3 is 3.04 bits per heavy atom. The molecule has 3 heterocycles. The van der Waals surface area contributed by atoms with E-state index >= 15 is 0 Å². The van der Waals surface area contributed by atoms with E-state index in [-0.39, 0.29) is 6.10 Å². The molecule has 1 atom stereocenters. The Bertz CT molecular complexity index is 696. The number of rotatable bonds is 5. The average molecular weight is 359 g/mol. The van der Waals surface area contributed by atoms with Gasteiger partial charge in [0.1, 0.15) is 5.82 Å². The predicted octanol–water partition coefficient (Wildman–Crippen LogP) is 2.43. The van der Waals surface area contributed by atoms with Gasteiger partial charge in [-0.05, 0) is 44.6 Å². The highest BCUT2D eigenvalue weighted by atomic mass is 32.1. The van der Waals surface area contributed by atoms with Gasteiger partial charge in [-0.3, -0.25) is 0 Å². The first-order chi connectivity index (χ1) is 12.3. The van der Waals surface area contributed by atoms with Crippen molar-refractivity contribution in [3.63, 3.8) is 0 Å². The summed E-state index contributed by atoms with van der Waals surface area (Å²) in [6.07, 6.45) is 9.25. The van der Waals surface area contributed by atoms with Gasteiger partial charge in [0.2, 0.25) is 5.95 Å². The first kappa shape index (κ1) is 16.7. The van der Waals surface area contributed by atoms with Crippen LogP contribution in [0.25, 0.3) is 0 Å². The van der Waals surface area contributed by atoms with E-state index in [0.29, 0.717) is 12.5 Å². The van der Waals surface area contributed by atoms with Crippen molar-refractivity contribution in [1.82, 2.24) is 15.0 Å². The van der Waals surface area contributed by atoms with Crippen molar-refractivity contribution in [3.05, 3.63) is 27.8 Å². The lowest BCUT2D eigenvalue weighted by atomic mass is 10.0. The summed E-state index contributed by atoms with van der Waals surface area (Å²) in [4.78, 5) is 17.3. The SMILES string of the molecule is OC1CCCN(c2ccnc(NCCc3nc4c(s3)CCCC4)n2)C1. The van der Waals surface area contributed by atoms with Gasteiger partial charge in [0.05, 0.1) is 16.8 Å². The Morgan fingerprint density at radius 2 is 2.16 bits per heavy atom. The van der Waals surface area contributed by atoms with Crippen LogP contribution in [-0.2, 0) is 19.3 Å². The summed E-state index contributed by atoms with van der Waals surface area (Å²) in [6.45, 7) is 2.39. The Morgan fingerprint density at radius 1 is 1.24 bits per heavy atom. The van der Waals surface area contributed by atoms with Crippen molar-refractivity contribution < 1.29 is 5.11 Å². The molecular formula is C18H25N5OS. The van der Waals surface area contributed by atoms with Crippen LogP contribution in [-0.4, -0.2) is 45.8 Å². The van der Waals surface area contributed by atoms with E-state index in [0.717, 1.165) is 44.6 Å². The molecular weight excluding hydrogens is 334 g/mol. The molecule has 4 rings (SSSR count). The summed E-state index contributed by atoms with van der Waals surface area (Å²) in [5, 5.41) is 14.4. The van der Waals surface area contributed by atoms with Gasteiger partial charge in [-0.2, -0.15) is 4.98 Å². The van der Waals surface area contributed by atoms with E-state index in [4.69, 9.17) is 4.98 Å². The number of hydrogen-bond donors (Lipinski definition) is 2. The van der Waals surface area contributed by atoms with Crippen molar-refractivity contribution in [2.45, 2.75) is 51.0 Å². The van der Waals surface area contributed by atoms with Gasteiger partial charge in [-0.15, -0.1) is 11.3 Å². The lowest BCUT2D eigenvalue weighted by Gasteiger charge is -2.31. The minimum Gasteiger partial charge on any atom is -0.391 e.